The summed E-state index contributed by atoms with van der Waals surface area (Å²) >= 11 is 0. The summed E-state index contributed by atoms with van der Waals surface area (Å²) in [6, 6.07) is 10.3. The van der Waals surface area contributed by atoms with Crippen molar-refractivity contribution >= 4 is 11.9 Å². The van der Waals surface area contributed by atoms with Crippen LogP contribution in [-0.4, -0.2) is 34.5 Å². The molecule has 156 valence electrons. The highest BCUT2D eigenvalue weighted by molar-refractivity contribution is 5.95. The highest BCUT2D eigenvalue weighted by Gasteiger charge is 2.24. The second kappa shape index (κ2) is 10.1. The zero-order valence-electron chi connectivity index (χ0n) is 16.8. The van der Waals surface area contributed by atoms with Crippen molar-refractivity contribution in [2.75, 3.05) is 6.54 Å². The van der Waals surface area contributed by atoms with E-state index in [2.05, 4.69) is 17.6 Å². The maximum atomic E-state index is 12.5. The van der Waals surface area contributed by atoms with Crippen molar-refractivity contribution in [2.45, 2.75) is 51.7 Å². The fourth-order valence-corrected chi connectivity index (χ4v) is 3.78. The molecule has 1 aliphatic rings. The zero-order valence-corrected chi connectivity index (χ0v) is 16.8. The Bertz CT molecular complexity index is 806. The minimum Gasteiger partial charge on any atom is -0.508 e. The molecule has 0 radical (unpaired) electrons. The Kier molecular flexibility index (Phi) is 7.30. The second-order valence-corrected chi connectivity index (χ2v) is 7.74. The third-order valence-corrected chi connectivity index (χ3v) is 5.39. The van der Waals surface area contributed by atoms with Crippen LogP contribution in [0.1, 0.15) is 43.9 Å². The molecule has 2 unspecified atom stereocenters. The minimum atomic E-state index is -0.450. The molecule has 29 heavy (non-hydrogen) atoms. The number of hydrogen-bond donors (Lipinski definition) is 3. The van der Waals surface area contributed by atoms with Gasteiger partial charge in [-0.2, -0.15) is 0 Å². The number of furan rings is 1. The number of para-hydroxylation sites is 1. The van der Waals surface area contributed by atoms with E-state index in [4.69, 9.17) is 4.42 Å². The van der Waals surface area contributed by atoms with Crippen molar-refractivity contribution in [3.8, 4) is 5.75 Å². The number of imide groups is 1. The maximum absolute atomic E-state index is 12.5. The number of benzene rings is 1. The number of rotatable bonds is 7. The molecular formula is C22H29N3O4. The number of amides is 3. The number of phenolic OH excluding ortho intramolecular Hbond substituents is 1. The molecule has 2 aromatic rings. The first-order valence-electron chi connectivity index (χ1n) is 10.1. The Balaban J connectivity index is 1.58. The number of nitrogens with one attached hydrogen (secondary N) is 2. The highest BCUT2D eigenvalue weighted by Crippen LogP contribution is 2.23. The van der Waals surface area contributed by atoms with Gasteiger partial charge in [0.2, 0.25) is 5.91 Å². The quantitative estimate of drug-likeness (QED) is 0.663. The van der Waals surface area contributed by atoms with Crippen molar-refractivity contribution < 1.29 is 19.1 Å². The molecule has 1 aromatic heterocycles. The van der Waals surface area contributed by atoms with E-state index in [0.717, 1.165) is 19.3 Å². The predicted molar refractivity (Wildman–Crippen MR) is 109 cm³/mol. The molecule has 3 rings (SSSR count). The van der Waals surface area contributed by atoms with Crippen LogP contribution in [0.3, 0.4) is 0 Å². The number of phenols is 1. The fourth-order valence-electron chi connectivity index (χ4n) is 3.78. The van der Waals surface area contributed by atoms with Gasteiger partial charge in [-0.15, -0.1) is 0 Å². The van der Waals surface area contributed by atoms with Crippen LogP contribution in [0.25, 0.3) is 0 Å². The number of nitrogens with zero attached hydrogens (tertiary/aromatic N) is 1. The van der Waals surface area contributed by atoms with Gasteiger partial charge in [0.15, 0.2) is 0 Å². The second-order valence-electron chi connectivity index (χ2n) is 7.74. The summed E-state index contributed by atoms with van der Waals surface area (Å²) in [6.07, 6.45) is 5.90. The summed E-state index contributed by atoms with van der Waals surface area (Å²) in [7, 11) is 0. The van der Waals surface area contributed by atoms with Crippen LogP contribution >= 0.6 is 0 Å². The van der Waals surface area contributed by atoms with Gasteiger partial charge in [0.05, 0.1) is 19.4 Å². The average Bonchev–Trinajstić information content (AvgIpc) is 3.18. The van der Waals surface area contributed by atoms with E-state index in [9.17, 15) is 14.7 Å². The number of aromatic hydroxyl groups is 1. The molecule has 1 aromatic carbocycles. The lowest BCUT2D eigenvalue weighted by Crippen LogP contribution is -2.49. The maximum Gasteiger partial charge on any atom is 0.321 e. The summed E-state index contributed by atoms with van der Waals surface area (Å²) in [5.74, 6) is 0.893. The first-order chi connectivity index (χ1) is 14.0. The molecule has 1 aliphatic carbocycles. The van der Waals surface area contributed by atoms with Crippen LogP contribution < -0.4 is 10.6 Å². The molecule has 0 bridgehead atoms. The molecule has 7 heteroatoms. The molecular weight excluding hydrogens is 370 g/mol. The Morgan fingerprint density at radius 1 is 1.14 bits per heavy atom. The lowest BCUT2D eigenvalue weighted by atomic mass is 9.86. The summed E-state index contributed by atoms with van der Waals surface area (Å²) in [5.41, 5.74) is 0.701. The summed E-state index contributed by atoms with van der Waals surface area (Å²) in [6.45, 7) is 2.87. The molecule has 0 spiro atoms. The summed E-state index contributed by atoms with van der Waals surface area (Å²) < 4.78 is 5.39. The van der Waals surface area contributed by atoms with Crippen molar-refractivity contribution in [1.82, 2.24) is 15.5 Å². The van der Waals surface area contributed by atoms with Crippen LogP contribution in [0.15, 0.2) is 47.1 Å². The Morgan fingerprint density at radius 3 is 2.66 bits per heavy atom. The summed E-state index contributed by atoms with van der Waals surface area (Å²) in [5, 5.41) is 15.4. The standard InChI is InChI=1S/C22H29N3O4/c1-16-7-2-4-10-19(16)23-22(28)24-21(27)15-25(14-18-9-6-12-29-18)13-17-8-3-5-11-20(17)26/h3,5-6,8-9,11-12,16,19,26H,2,4,7,10,13-15H2,1H3,(H2,23,24,27,28). The molecule has 1 heterocycles. The molecule has 7 nitrogen and oxygen atoms in total. The van der Waals surface area contributed by atoms with Gasteiger partial charge in [-0.05, 0) is 37.0 Å². The van der Waals surface area contributed by atoms with E-state index in [1.54, 1.807) is 30.5 Å². The van der Waals surface area contributed by atoms with E-state index < -0.39 is 11.9 Å². The van der Waals surface area contributed by atoms with E-state index in [-0.39, 0.29) is 18.3 Å². The molecule has 1 saturated carbocycles. The van der Waals surface area contributed by atoms with Crippen molar-refractivity contribution in [3.05, 3.63) is 54.0 Å². The van der Waals surface area contributed by atoms with Gasteiger partial charge < -0.3 is 14.8 Å². The third kappa shape index (κ3) is 6.35. The number of urea groups is 1. The average molecular weight is 399 g/mol. The van der Waals surface area contributed by atoms with Crippen LogP contribution in [0.4, 0.5) is 4.79 Å². The smallest absolute Gasteiger partial charge is 0.321 e. The number of carbonyl (C=O) groups is 2. The van der Waals surface area contributed by atoms with Gasteiger partial charge >= 0.3 is 6.03 Å². The Labute approximate surface area is 171 Å². The van der Waals surface area contributed by atoms with Crippen LogP contribution in [0.2, 0.25) is 0 Å². The van der Waals surface area contributed by atoms with Crippen molar-refractivity contribution in [3.63, 3.8) is 0 Å². The van der Waals surface area contributed by atoms with E-state index in [0.29, 0.717) is 30.3 Å². The topological polar surface area (TPSA) is 94.8 Å². The number of hydrogen-bond acceptors (Lipinski definition) is 5. The normalized spacial score (nSPS) is 19.1. The lowest BCUT2D eigenvalue weighted by molar-refractivity contribution is -0.121. The fraction of sp³-hybridized carbons (Fsp3) is 0.455. The highest BCUT2D eigenvalue weighted by atomic mass is 16.3. The van der Waals surface area contributed by atoms with Gasteiger partial charge in [0, 0.05) is 18.2 Å². The summed E-state index contributed by atoms with van der Waals surface area (Å²) in [4.78, 5) is 26.6. The van der Waals surface area contributed by atoms with Crippen molar-refractivity contribution in [2.24, 2.45) is 5.92 Å². The lowest BCUT2D eigenvalue weighted by Gasteiger charge is -2.29. The minimum absolute atomic E-state index is 0.00265. The molecule has 0 aliphatic heterocycles. The van der Waals surface area contributed by atoms with Gasteiger partial charge in [-0.1, -0.05) is 38.0 Å². The Morgan fingerprint density at radius 2 is 1.93 bits per heavy atom. The monoisotopic (exact) mass is 399 g/mol. The predicted octanol–water partition coefficient (Wildman–Crippen LogP) is 3.39. The van der Waals surface area contributed by atoms with E-state index in [1.165, 1.54) is 6.42 Å². The first-order valence-corrected chi connectivity index (χ1v) is 10.1. The van der Waals surface area contributed by atoms with Gasteiger partial charge in [-0.25, -0.2) is 4.79 Å². The van der Waals surface area contributed by atoms with E-state index in [1.807, 2.05) is 17.0 Å². The van der Waals surface area contributed by atoms with Gasteiger partial charge in [0.1, 0.15) is 11.5 Å². The van der Waals surface area contributed by atoms with Crippen LogP contribution in [0.5, 0.6) is 5.75 Å². The first kappa shape index (κ1) is 20.9. The van der Waals surface area contributed by atoms with Gasteiger partial charge in [0.25, 0.3) is 0 Å². The zero-order chi connectivity index (χ0) is 20.6. The van der Waals surface area contributed by atoms with Crippen LogP contribution in [-0.2, 0) is 17.9 Å². The molecule has 3 amide bonds. The Hall–Kier alpha value is -2.80. The van der Waals surface area contributed by atoms with Crippen molar-refractivity contribution in [1.29, 1.82) is 0 Å². The van der Waals surface area contributed by atoms with E-state index >= 15 is 0 Å². The third-order valence-electron chi connectivity index (χ3n) is 5.39. The largest absolute Gasteiger partial charge is 0.508 e. The van der Waals surface area contributed by atoms with Gasteiger partial charge in [-0.3, -0.25) is 15.0 Å². The SMILES string of the molecule is CC1CCCCC1NC(=O)NC(=O)CN(Cc1ccco1)Cc1ccccc1O. The molecule has 0 saturated heterocycles. The molecule has 3 N–H and O–H groups in total. The molecule has 2 atom stereocenters. The van der Waals surface area contributed by atoms with Crippen LogP contribution in [0, 0.1) is 5.92 Å². The number of carbonyl (C=O) groups excluding carboxylic acids is 2. The molecule has 1 fully saturated rings.